The van der Waals surface area contributed by atoms with Crippen LogP contribution in [0.4, 0.5) is 5.69 Å². The Morgan fingerprint density at radius 1 is 1.22 bits per heavy atom. The summed E-state index contributed by atoms with van der Waals surface area (Å²) in [6.45, 7) is 2.47. The van der Waals surface area contributed by atoms with Crippen LogP contribution < -0.4 is 16.4 Å². The van der Waals surface area contributed by atoms with Gasteiger partial charge in [-0.2, -0.15) is 0 Å². The number of fused-ring (bicyclic) bond motifs is 1. The van der Waals surface area contributed by atoms with Crippen molar-refractivity contribution in [3.8, 4) is 0 Å². The number of hydrogen-bond acceptors (Lipinski definition) is 6. The molecule has 8 nitrogen and oxygen atoms in total. The number of imide groups is 1. The van der Waals surface area contributed by atoms with Crippen LogP contribution in [0.15, 0.2) is 18.2 Å². The molecule has 3 amide bonds. The Balaban J connectivity index is 0.00000182. The van der Waals surface area contributed by atoms with Crippen molar-refractivity contribution < 1.29 is 19.1 Å². The lowest BCUT2D eigenvalue weighted by atomic mass is 10.0. The SMILES string of the molecule is Cl.Cl.NCCOCCNc1cccc2c1CN(C1CCC(=O)NC1=O)C2=O. The first-order chi connectivity index (χ1) is 12.1. The van der Waals surface area contributed by atoms with Crippen LogP contribution in [0.25, 0.3) is 0 Å². The highest BCUT2D eigenvalue weighted by Gasteiger charge is 2.39. The van der Waals surface area contributed by atoms with Gasteiger partial charge < -0.3 is 20.7 Å². The fraction of sp³-hybridized carbons (Fsp3) is 0.471. The molecular weight excluding hydrogens is 395 g/mol. The minimum absolute atomic E-state index is 0. The fourth-order valence-corrected chi connectivity index (χ4v) is 3.19. The molecule has 1 atom stereocenters. The Labute approximate surface area is 170 Å². The number of carbonyl (C=O) groups excluding carboxylic acids is 3. The van der Waals surface area contributed by atoms with Gasteiger partial charge in [0, 0.05) is 42.9 Å². The zero-order valence-corrected chi connectivity index (χ0v) is 16.4. The molecule has 2 aliphatic rings. The monoisotopic (exact) mass is 418 g/mol. The average molecular weight is 419 g/mol. The summed E-state index contributed by atoms with van der Waals surface area (Å²) in [5.74, 6) is -0.861. The standard InChI is InChI=1S/C17H22N4O4.2ClH/c18-6-8-25-9-7-19-13-3-1-2-11-12(13)10-21(17(11)24)14-4-5-15(22)20-16(14)23;;/h1-3,14,19H,4-10,18H2,(H,20,22,23);2*1H. The van der Waals surface area contributed by atoms with Gasteiger partial charge in [0.25, 0.3) is 5.91 Å². The number of ether oxygens (including phenoxy) is 1. The van der Waals surface area contributed by atoms with Crippen molar-refractivity contribution in [2.75, 3.05) is 31.6 Å². The van der Waals surface area contributed by atoms with E-state index in [1.54, 1.807) is 11.0 Å². The summed E-state index contributed by atoms with van der Waals surface area (Å²) in [7, 11) is 0. The zero-order valence-electron chi connectivity index (χ0n) is 14.7. The average Bonchev–Trinajstić information content (AvgIpc) is 2.92. The number of carbonyl (C=O) groups is 3. The molecule has 10 heteroatoms. The van der Waals surface area contributed by atoms with E-state index in [1.807, 2.05) is 12.1 Å². The van der Waals surface area contributed by atoms with Crippen LogP contribution in [0.3, 0.4) is 0 Å². The third-order valence-corrected chi connectivity index (χ3v) is 4.41. The van der Waals surface area contributed by atoms with E-state index in [0.29, 0.717) is 44.8 Å². The fourth-order valence-electron chi connectivity index (χ4n) is 3.19. The van der Waals surface area contributed by atoms with Crippen LogP contribution in [-0.2, 0) is 20.9 Å². The molecule has 3 rings (SSSR count). The molecule has 0 spiro atoms. The Bertz CT molecular complexity index is 702. The van der Waals surface area contributed by atoms with Gasteiger partial charge in [0.2, 0.25) is 11.8 Å². The number of rotatable bonds is 7. The maximum absolute atomic E-state index is 12.7. The number of nitrogens with two attached hydrogens (primary N) is 1. The predicted octanol–water partition coefficient (Wildman–Crippen LogP) is 0.678. The summed E-state index contributed by atoms with van der Waals surface area (Å²) in [5, 5.41) is 5.57. The van der Waals surface area contributed by atoms with Gasteiger partial charge in [-0.15, -0.1) is 24.8 Å². The van der Waals surface area contributed by atoms with E-state index in [-0.39, 0.29) is 43.0 Å². The van der Waals surface area contributed by atoms with Gasteiger partial charge in [-0.25, -0.2) is 0 Å². The molecule has 0 aliphatic carbocycles. The topological polar surface area (TPSA) is 114 Å². The second kappa shape index (κ2) is 10.5. The minimum atomic E-state index is -0.599. The smallest absolute Gasteiger partial charge is 0.255 e. The number of nitrogens with zero attached hydrogens (tertiary/aromatic N) is 1. The molecule has 1 aromatic carbocycles. The number of halogens is 2. The molecule has 2 aliphatic heterocycles. The summed E-state index contributed by atoms with van der Waals surface area (Å²) in [6, 6.07) is 4.88. The van der Waals surface area contributed by atoms with E-state index in [2.05, 4.69) is 10.6 Å². The number of benzene rings is 1. The Morgan fingerprint density at radius 3 is 2.70 bits per heavy atom. The molecule has 0 saturated carbocycles. The van der Waals surface area contributed by atoms with Gasteiger partial charge in [0.05, 0.1) is 13.2 Å². The number of anilines is 1. The van der Waals surface area contributed by atoms with Crippen molar-refractivity contribution in [3.63, 3.8) is 0 Å². The maximum Gasteiger partial charge on any atom is 0.255 e. The Morgan fingerprint density at radius 2 is 2.00 bits per heavy atom. The number of nitrogens with one attached hydrogen (secondary N) is 2. The molecular formula is C17H24Cl2N4O4. The van der Waals surface area contributed by atoms with Crippen LogP contribution in [-0.4, -0.2) is 55.0 Å². The van der Waals surface area contributed by atoms with Crippen LogP contribution in [0.2, 0.25) is 0 Å². The molecule has 0 aromatic heterocycles. The summed E-state index contributed by atoms with van der Waals surface area (Å²) in [4.78, 5) is 37.6. The molecule has 1 saturated heterocycles. The molecule has 1 unspecified atom stereocenters. The summed E-state index contributed by atoms with van der Waals surface area (Å²) >= 11 is 0. The van der Waals surface area contributed by atoms with Gasteiger partial charge >= 0.3 is 0 Å². The first-order valence-corrected chi connectivity index (χ1v) is 8.40. The van der Waals surface area contributed by atoms with E-state index in [9.17, 15) is 14.4 Å². The number of piperidine rings is 1. The highest BCUT2D eigenvalue weighted by atomic mass is 35.5. The van der Waals surface area contributed by atoms with Crippen molar-refractivity contribution in [2.24, 2.45) is 5.73 Å². The molecule has 150 valence electrons. The zero-order chi connectivity index (χ0) is 17.8. The van der Waals surface area contributed by atoms with Gasteiger partial charge in [0.1, 0.15) is 6.04 Å². The highest BCUT2D eigenvalue weighted by molar-refractivity contribution is 6.06. The second-order valence-corrected chi connectivity index (χ2v) is 6.06. The van der Waals surface area contributed by atoms with Crippen LogP contribution in [0, 0.1) is 0 Å². The second-order valence-electron chi connectivity index (χ2n) is 6.06. The van der Waals surface area contributed by atoms with E-state index in [0.717, 1.165) is 11.3 Å². The van der Waals surface area contributed by atoms with Crippen molar-refractivity contribution in [3.05, 3.63) is 29.3 Å². The van der Waals surface area contributed by atoms with Crippen LogP contribution in [0.1, 0.15) is 28.8 Å². The Kier molecular flexibility index (Phi) is 8.98. The first kappa shape index (κ1) is 23.2. The van der Waals surface area contributed by atoms with E-state index < -0.39 is 11.9 Å². The molecule has 0 bridgehead atoms. The largest absolute Gasteiger partial charge is 0.382 e. The summed E-state index contributed by atoms with van der Waals surface area (Å²) < 4.78 is 5.34. The lowest BCUT2D eigenvalue weighted by molar-refractivity contribution is -0.136. The van der Waals surface area contributed by atoms with Gasteiger partial charge in [-0.3, -0.25) is 19.7 Å². The molecule has 4 N–H and O–H groups in total. The molecule has 0 radical (unpaired) electrons. The number of amides is 3. The van der Waals surface area contributed by atoms with Gasteiger partial charge in [-0.1, -0.05) is 6.07 Å². The maximum atomic E-state index is 12.7. The third-order valence-electron chi connectivity index (χ3n) is 4.41. The minimum Gasteiger partial charge on any atom is -0.382 e. The third kappa shape index (κ3) is 5.10. The van der Waals surface area contributed by atoms with E-state index in [1.165, 1.54) is 0 Å². The quantitative estimate of drug-likeness (QED) is 0.443. The van der Waals surface area contributed by atoms with Crippen molar-refractivity contribution >= 4 is 48.2 Å². The molecule has 27 heavy (non-hydrogen) atoms. The molecule has 2 heterocycles. The van der Waals surface area contributed by atoms with Crippen LogP contribution >= 0.6 is 24.8 Å². The van der Waals surface area contributed by atoms with Gasteiger partial charge in [-0.05, 0) is 18.6 Å². The first-order valence-electron chi connectivity index (χ1n) is 8.40. The summed E-state index contributed by atoms with van der Waals surface area (Å²) in [6.07, 6.45) is 0.611. The van der Waals surface area contributed by atoms with Crippen molar-refractivity contribution in [2.45, 2.75) is 25.4 Å². The number of hydrogen-bond donors (Lipinski definition) is 3. The predicted molar refractivity (Wildman–Crippen MR) is 105 cm³/mol. The molecule has 1 aromatic rings. The van der Waals surface area contributed by atoms with E-state index in [4.69, 9.17) is 10.5 Å². The summed E-state index contributed by atoms with van der Waals surface area (Å²) in [5.41, 5.74) is 7.70. The Hall–Kier alpha value is -1.87. The van der Waals surface area contributed by atoms with Gasteiger partial charge in [0.15, 0.2) is 0 Å². The normalized spacial score (nSPS) is 18.3. The van der Waals surface area contributed by atoms with Crippen LogP contribution in [0.5, 0.6) is 0 Å². The lowest BCUT2D eigenvalue weighted by Crippen LogP contribution is -2.52. The lowest BCUT2D eigenvalue weighted by Gasteiger charge is -2.29. The highest BCUT2D eigenvalue weighted by Crippen LogP contribution is 2.32. The van der Waals surface area contributed by atoms with E-state index >= 15 is 0 Å². The molecule has 1 fully saturated rings. The van der Waals surface area contributed by atoms with Crippen molar-refractivity contribution in [1.29, 1.82) is 0 Å². The van der Waals surface area contributed by atoms with Crippen molar-refractivity contribution in [1.82, 2.24) is 10.2 Å².